The molecule has 0 heterocycles. The van der Waals surface area contributed by atoms with Crippen molar-refractivity contribution in [3.8, 4) is 11.5 Å². The maximum absolute atomic E-state index is 14.1. The van der Waals surface area contributed by atoms with Gasteiger partial charge in [-0.15, -0.1) is 0 Å². The second-order valence-corrected chi connectivity index (χ2v) is 8.74. The van der Waals surface area contributed by atoms with Crippen LogP contribution in [0.1, 0.15) is 11.1 Å². The van der Waals surface area contributed by atoms with Crippen LogP contribution in [0.5, 0.6) is 11.5 Å². The minimum absolute atomic E-state index is 0.390. The van der Waals surface area contributed by atoms with E-state index in [4.69, 9.17) is 0 Å². The molecule has 184 valence electrons. The first-order valence-electron chi connectivity index (χ1n) is 8.33. The number of hydrogen-bond donors (Lipinski definition) is 0. The summed E-state index contributed by atoms with van der Waals surface area (Å²) in [6.07, 6.45) is -11.9. The van der Waals surface area contributed by atoms with Gasteiger partial charge in [0.1, 0.15) is 11.5 Å². The summed E-state index contributed by atoms with van der Waals surface area (Å²) in [6.45, 7) is 0. The Hall–Kier alpha value is -2.56. The number of hydrogen-bond acceptors (Lipinski definition) is 8. The van der Waals surface area contributed by atoms with Crippen LogP contribution in [0.25, 0.3) is 0 Å². The summed E-state index contributed by atoms with van der Waals surface area (Å²) in [5.41, 5.74) is -7.21. The molecule has 0 radical (unpaired) electrons. The van der Waals surface area contributed by atoms with E-state index < -0.39 is 61.2 Å². The van der Waals surface area contributed by atoms with Gasteiger partial charge in [0.15, 0.2) is 0 Å². The molecule has 0 aliphatic rings. The van der Waals surface area contributed by atoms with E-state index in [0.29, 0.717) is 48.5 Å². The molecule has 2 aromatic rings. The second kappa shape index (κ2) is 9.00. The molecule has 16 heteroatoms. The molecule has 0 fully saturated rings. The van der Waals surface area contributed by atoms with Crippen LogP contribution in [-0.2, 0) is 34.6 Å². The average Bonchev–Trinajstić information content (AvgIpc) is 2.68. The molecule has 0 saturated carbocycles. The molecule has 0 N–H and O–H groups in total. The zero-order chi connectivity index (χ0) is 25.3. The number of alkyl halides is 6. The van der Waals surface area contributed by atoms with E-state index in [1.165, 1.54) is 0 Å². The summed E-state index contributed by atoms with van der Waals surface area (Å²) >= 11 is 0. The minimum atomic E-state index is -5.94. The number of benzene rings is 2. The van der Waals surface area contributed by atoms with Gasteiger partial charge in [0.25, 0.3) is 0 Å². The summed E-state index contributed by atoms with van der Waals surface area (Å²) in [6, 6.07) is 3.90. The lowest BCUT2D eigenvalue weighted by atomic mass is 9.73. The molecule has 8 nitrogen and oxygen atoms in total. The fourth-order valence-electron chi connectivity index (χ4n) is 2.81. The molecule has 0 saturated heterocycles. The van der Waals surface area contributed by atoms with E-state index in [1.807, 2.05) is 0 Å². The molecule has 0 atom stereocenters. The van der Waals surface area contributed by atoms with Gasteiger partial charge in [0, 0.05) is 0 Å². The molecule has 0 aromatic heterocycles. The van der Waals surface area contributed by atoms with Crippen molar-refractivity contribution in [2.45, 2.75) is 17.8 Å². The van der Waals surface area contributed by atoms with Crippen LogP contribution in [-0.4, -0.2) is 43.4 Å². The van der Waals surface area contributed by atoms with E-state index >= 15 is 0 Å². The molecular formula is C17H14F6O8S2. The van der Waals surface area contributed by atoms with Crippen LogP contribution in [0.3, 0.4) is 0 Å². The first-order valence-corrected chi connectivity index (χ1v) is 11.0. The van der Waals surface area contributed by atoms with Crippen LogP contribution in [0.4, 0.5) is 26.3 Å². The number of rotatable bonds is 8. The monoisotopic (exact) mass is 524 g/mol. The second-order valence-electron chi connectivity index (χ2n) is 6.11. The molecule has 0 aliphatic heterocycles. The van der Waals surface area contributed by atoms with Gasteiger partial charge in [0.05, 0.1) is 14.2 Å². The Balaban J connectivity index is 2.67. The van der Waals surface area contributed by atoms with Crippen molar-refractivity contribution in [2.24, 2.45) is 0 Å². The van der Waals surface area contributed by atoms with Crippen LogP contribution < -0.4 is 8.37 Å². The van der Waals surface area contributed by atoms with Crippen molar-refractivity contribution >= 4 is 20.8 Å². The van der Waals surface area contributed by atoms with Crippen LogP contribution in [0.15, 0.2) is 48.5 Å². The lowest BCUT2D eigenvalue weighted by molar-refractivity contribution is -0.288. The first kappa shape index (κ1) is 26.7. The Bertz CT molecular complexity index is 1080. The van der Waals surface area contributed by atoms with Crippen molar-refractivity contribution in [3.05, 3.63) is 59.7 Å². The Kier molecular flexibility index (Phi) is 7.28. The van der Waals surface area contributed by atoms with E-state index in [1.54, 1.807) is 0 Å². The van der Waals surface area contributed by atoms with Gasteiger partial charge in [0.2, 0.25) is 5.41 Å². The standard InChI is InChI=1S/C17H14F6O8S2/c1-28-32(24,25)30-13-7-3-11(4-8-13)15(16(18,19)20,17(21,22)23)12-5-9-14(10-6-12)31-33(26,27)29-2/h3-10H,1-2H3. The fourth-order valence-corrected chi connectivity index (χ4v) is 3.64. The predicted molar refractivity (Wildman–Crippen MR) is 98.9 cm³/mol. The topological polar surface area (TPSA) is 105 Å². The van der Waals surface area contributed by atoms with Crippen LogP contribution in [0, 0.1) is 0 Å². The van der Waals surface area contributed by atoms with Gasteiger partial charge in [-0.2, -0.15) is 43.2 Å². The Morgan fingerprint density at radius 3 is 1.06 bits per heavy atom. The van der Waals surface area contributed by atoms with Gasteiger partial charge in [-0.25, -0.2) is 8.37 Å². The first-order chi connectivity index (χ1) is 15.0. The third kappa shape index (κ3) is 5.51. The molecule has 0 amide bonds. The van der Waals surface area contributed by atoms with Gasteiger partial charge in [-0.1, -0.05) is 24.3 Å². The summed E-state index contributed by atoms with van der Waals surface area (Å²) in [5.74, 6) is -1.21. The summed E-state index contributed by atoms with van der Waals surface area (Å²) in [7, 11) is -7.68. The zero-order valence-electron chi connectivity index (χ0n) is 16.5. The average molecular weight is 524 g/mol. The quantitative estimate of drug-likeness (QED) is 0.482. The van der Waals surface area contributed by atoms with Gasteiger partial charge in [-0.05, 0) is 35.4 Å². The molecule has 2 rings (SSSR count). The van der Waals surface area contributed by atoms with Crippen molar-refractivity contribution in [1.29, 1.82) is 0 Å². The van der Waals surface area contributed by atoms with Crippen molar-refractivity contribution in [1.82, 2.24) is 0 Å². The highest BCUT2D eigenvalue weighted by Crippen LogP contribution is 2.56. The molecule has 0 unspecified atom stereocenters. The van der Waals surface area contributed by atoms with Crippen molar-refractivity contribution in [2.75, 3.05) is 14.2 Å². The zero-order valence-corrected chi connectivity index (χ0v) is 18.1. The molecule has 0 aliphatic carbocycles. The summed E-state index contributed by atoms with van der Waals surface area (Å²) in [5, 5.41) is 0. The normalized spacial score (nSPS) is 13.6. The molecule has 0 spiro atoms. The number of halogens is 6. The summed E-state index contributed by atoms with van der Waals surface area (Å²) < 4.78 is 146. The van der Waals surface area contributed by atoms with Crippen LogP contribution in [0.2, 0.25) is 0 Å². The molecule has 33 heavy (non-hydrogen) atoms. The third-order valence-corrected chi connectivity index (χ3v) is 5.84. The highest BCUT2D eigenvalue weighted by atomic mass is 32.3. The van der Waals surface area contributed by atoms with Gasteiger partial charge >= 0.3 is 33.2 Å². The molecular weight excluding hydrogens is 510 g/mol. The maximum atomic E-state index is 14.1. The Labute approximate surface area is 184 Å². The summed E-state index contributed by atoms with van der Waals surface area (Å²) in [4.78, 5) is 0. The Morgan fingerprint density at radius 2 is 0.848 bits per heavy atom. The van der Waals surface area contributed by atoms with Gasteiger partial charge < -0.3 is 8.37 Å². The SMILES string of the molecule is COS(=O)(=O)Oc1ccc(C(c2ccc(OS(=O)(=O)OC)cc2)(C(F)(F)F)C(F)(F)F)cc1. The maximum Gasteiger partial charge on any atom is 0.448 e. The lowest BCUT2D eigenvalue weighted by Gasteiger charge is -2.38. The largest absolute Gasteiger partial charge is 0.448 e. The third-order valence-electron chi connectivity index (χ3n) is 4.23. The van der Waals surface area contributed by atoms with E-state index in [-0.39, 0.29) is 0 Å². The van der Waals surface area contributed by atoms with E-state index in [9.17, 15) is 43.2 Å². The predicted octanol–water partition coefficient (Wildman–Crippen LogP) is 3.64. The minimum Gasteiger partial charge on any atom is -0.362 e. The Morgan fingerprint density at radius 1 is 0.576 bits per heavy atom. The highest BCUT2D eigenvalue weighted by molar-refractivity contribution is 7.82. The highest BCUT2D eigenvalue weighted by Gasteiger charge is 2.72. The molecule has 2 aromatic carbocycles. The van der Waals surface area contributed by atoms with Crippen molar-refractivity contribution in [3.63, 3.8) is 0 Å². The van der Waals surface area contributed by atoms with E-state index in [2.05, 4.69) is 16.7 Å². The smallest absolute Gasteiger partial charge is 0.362 e. The fraction of sp³-hybridized carbons (Fsp3) is 0.294. The van der Waals surface area contributed by atoms with Crippen LogP contribution >= 0.6 is 0 Å². The van der Waals surface area contributed by atoms with Crippen molar-refractivity contribution < 1.29 is 59.9 Å². The van der Waals surface area contributed by atoms with Gasteiger partial charge in [-0.3, -0.25) is 0 Å². The lowest BCUT2D eigenvalue weighted by Crippen LogP contribution is -2.54. The van der Waals surface area contributed by atoms with E-state index in [0.717, 1.165) is 14.2 Å². The molecule has 0 bridgehead atoms.